The molecule has 1 saturated heterocycles. The van der Waals surface area contributed by atoms with Crippen LogP contribution in [0.1, 0.15) is 19.3 Å². The van der Waals surface area contributed by atoms with Crippen molar-refractivity contribution in [2.75, 3.05) is 19.8 Å². The van der Waals surface area contributed by atoms with Crippen molar-refractivity contribution in [1.82, 2.24) is 5.32 Å². The van der Waals surface area contributed by atoms with Crippen molar-refractivity contribution in [2.24, 2.45) is 0 Å². The van der Waals surface area contributed by atoms with Gasteiger partial charge in [0, 0.05) is 12.0 Å². The maximum atomic E-state index is 9.40. The van der Waals surface area contributed by atoms with Crippen molar-refractivity contribution in [3.63, 3.8) is 0 Å². The largest absolute Gasteiger partial charge is 0.494 e. The zero-order valence-electron chi connectivity index (χ0n) is 9.48. The molecule has 2 rings (SSSR count). The molecule has 0 aliphatic carbocycles. The minimum atomic E-state index is -0.102. The summed E-state index contributed by atoms with van der Waals surface area (Å²) in [4.78, 5) is 0. The van der Waals surface area contributed by atoms with Gasteiger partial charge in [0.15, 0.2) is 0 Å². The van der Waals surface area contributed by atoms with Gasteiger partial charge in [-0.15, -0.1) is 0 Å². The van der Waals surface area contributed by atoms with E-state index in [1.54, 1.807) is 0 Å². The standard InChI is InChI=1S/C13H19NO2/c15-11-13(7-4-9-14-13)8-10-16-12-5-2-1-3-6-12/h1-3,5-6,14-15H,4,7-11H2. The molecule has 0 aromatic heterocycles. The molecule has 0 spiro atoms. The van der Waals surface area contributed by atoms with Crippen LogP contribution < -0.4 is 10.1 Å². The highest BCUT2D eigenvalue weighted by atomic mass is 16.5. The second kappa shape index (κ2) is 5.32. The van der Waals surface area contributed by atoms with Gasteiger partial charge < -0.3 is 15.2 Å². The fraction of sp³-hybridized carbons (Fsp3) is 0.538. The van der Waals surface area contributed by atoms with Crippen LogP contribution in [-0.4, -0.2) is 30.4 Å². The number of hydrogen-bond acceptors (Lipinski definition) is 3. The van der Waals surface area contributed by atoms with Crippen molar-refractivity contribution < 1.29 is 9.84 Å². The van der Waals surface area contributed by atoms with Crippen LogP contribution in [0.3, 0.4) is 0 Å². The van der Waals surface area contributed by atoms with Crippen LogP contribution in [0.2, 0.25) is 0 Å². The van der Waals surface area contributed by atoms with Gasteiger partial charge >= 0.3 is 0 Å². The first kappa shape index (κ1) is 11.4. The zero-order chi connectivity index (χ0) is 11.3. The number of nitrogens with one attached hydrogen (secondary N) is 1. The number of aliphatic hydroxyl groups excluding tert-OH is 1. The average Bonchev–Trinajstić information content (AvgIpc) is 2.80. The van der Waals surface area contributed by atoms with Gasteiger partial charge in [-0.1, -0.05) is 18.2 Å². The number of aliphatic hydroxyl groups is 1. The fourth-order valence-electron chi connectivity index (χ4n) is 2.18. The number of para-hydroxylation sites is 1. The Morgan fingerprint density at radius 2 is 2.12 bits per heavy atom. The summed E-state index contributed by atoms with van der Waals surface area (Å²) in [5.41, 5.74) is -0.102. The van der Waals surface area contributed by atoms with Crippen LogP contribution in [-0.2, 0) is 0 Å². The smallest absolute Gasteiger partial charge is 0.119 e. The molecule has 1 atom stereocenters. The third-order valence-electron chi connectivity index (χ3n) is 3.23. The summed E-state index contributed by atoms with van der Waals surface area (Å²) < 4.78 is 5.64. The molecule has 1 fully saturated rings. The molecule has 0 radical (unpaired) electrons. The van der Waals surface area contributed by atoms with Gasteiger partial charge in [-0.25, -0.2) is 0 Å². The molecular weight excluding hydrogens is 202 g/mol. The Bertz CT molecular complexity index is 307. The highest BCUT2D eigenvalue weighted by Gasteiger charge is 2.32. The lowest BCUT2D eigenvalue weighted by atomic mass is 9.95. The van der Waals surface area contributed by atoms with Crippen molar-refractivity contribution >= 4 is 0 Å². The normalized spacial score (nSPS) is 24.6. The summed E-state index contributed by atoms with van der Waals surface area (Å²) >= 11 is 0. The third kappa shape index (κ3) is 2.74. The number of ether oxygens (including phenoxy) is 1. The molecule has 0 saturated carbocycles. The Balaban J connectivity index is 1.79. The predicted octanol–water partition coefficient (Wildman–Crippen LogP) is 1.57. The van der Waals surface area contributed by atoms with Crippen molar-refractivity contribution in [3.05, 3.63) is 30.3 Å². The van der Waals surface area contributed by atoms with Crippen LogP contribution in [0.25, 0.3) is 0 Å². The third-order valence-corrected chi connectivity index (χ3v) is 3.23. The lowest BCUT2D eigenvalue weighted by Crippen LogP contribution is -2.44. The van der Waals surface area contributed by atoms with E-state index in [0.29, 0.717) is 6.61 Å². The van der Waals surface area contributed by atoms with E-state index in [2.05, 4.69) is 5.32 Å². The molecule has 1 heterocycles. The molecule has 88 valence electrons. The Kier molecular flexibility index (Phi) is 3.80. The van der Waals surface area contributed by atoms with E-state index in [1.807, 2.05) is 30.3 Å². The van der Waals surface area contributed by atoms with Gasteiger partial charge in [-0.05, 0) is 31.5 Å². The maximum Gasteiger partial charge on any atom is 0.119 e. The van der Waals surface area contributed by atoms with Crippen LogP contribution in [0.4, 0.5) is 0 Å². The number of hydrogen-bond donors (Lipinski definition) is 2. The first-order chi connectivity index (χ1) is 7.85. The van der Waals surface area contributed by atoms with Crippen LogP contribution in [0.15, 0.2) is 30.3 Å². The topological polar surface area (TPSA) is 41.5 Å². The van der Waals surface area contributed by atoms with E-state index in [-0.39, 0.29) is 12.1 Å². The minimum Gasteiger partial charge on any atom is -0.494 e. The van der Waals surface area contributed by atoms with Crippen molar-refractivity contribution in [1.29, 1.82) is 0 Å². The second-order valence-corrected chi connectivity index (χ2v) is 4.38. The first-order valence-corrected chi connectivity index (χ1v) is 5.88. The van der Waals surface area contributed by atoms with Gasteiger partial charge in [0.25, 0.3) is 0 Å². The molecule has 1 aromatic carbocycles. The lowest BCUT2D eigenvalue weighted by Gasteiger charge is -2.26. The predicted molar refractivity (Wildman–Crippen MR) is 63.6 cm³/mol. The maximum absolute atomic E-state index is 9.40. The summed E-state index contributed by atoms with van der Waals surface area (Å²) in [5, 5.41) is 12.8. The Morgan fingerprint density at radius 1 is 1.31 bits per heavy atom. The molecule has 1 unspecified atom stereocenters. The van der Waals surface area contributed by atoms with Crippen molar-refractivity contribution in [2.45, 2.75) is 24.8 Å². The van der Waals surface area contributed by atoms with Crippen molar-refractivity contribution in [3.8, 4) is 5.75 Å². The van der Waals surface area contributed by atoms with E-state index in [9.17, 15) is 5.11 Å². The van der Waals surface area contributed by atoms with Crippen LogP contribution >= 0.6 is 0 Å². The van der Waals surface area contributed by atoms with Gasteiger partial charge in [-0.2, -0.15) is 0 Å². The Morgan fingerprint density at radius 3 is 2.75 bits per heavy atom. The molecular formula is C13H19NO2. The molecule has 16 heavy (non-hydrogen) atoms. The average molecular weight is 221 g/mol. The molecule has 0 amide bonds. The van der Waals surface area contributed by atoms with E-state index >= 15 is 0 Å². The highest BCUT2D eigenvalue weighted by molar-refractivity contribution is 5.20. The SMILES string of the molecule is OCC1(CCOc2ccccc2)CCCN1. The summed E-state index contributed by atoms with van der Waals surface area (Å²) in [6.07, 6.45) is 3.05. The highest BCUT2D eigenvalue weighted by Crippen LogP contribution is 2.22. The van der Waals surface area contributed by atoms with E-state index in [0.717, 1.165) is 31.6 Å². The second-order valence-electron chi connectivity index (χ2n) is 4.38. The Hall–Kier alpha value is -1.06. The summed E-state index contributed by atoms with van der Waals surface area (Å²) in [7, 11) is 0. The van der Waals surface area contributed by atoms with Gasteiger partial charge in [0.1, 0.15) is 5.75 Å². The summed E-state index contributed by atoms with van der Waals surface area (Å²) in [6, 6.07) is 9.80. The Labute approximate surface area is 96.4 Å². The molecule has 3 heteroatoms. The van der Waals surface area contributed by atoms with E-state index in [1.165, 1.54) is 0 Å². The summed E-state index contributed by atoms with van der Waals surface area (Å²) in [5.74, 6) is 0.897. The van der Waals surface area contributed by atoms with Gasteiger partial charge in [0.05, 0.1) is 13.2 Å². The molecule has 0 bridgehead atoms. The van der Waals surface area contributed by atoms with Gasteiger partial charge in [0.2, 0.25) is 0 Å². The minimum absolute atomic E-state index is 0.102. The quantitative estimate of drug-likeness (QED) is 0.793. The molecule has 1 aliphatic rings. The first-order valence-electron chi connectivity index (χ1n) is 5.88. The molecule has 1 aromatic rings. The fourth-order valence-corrected chi connectivity index (χ4v) is 2.18. The summed E-state index contributed by atoms with van der Waals surface area (Å²) in [6.45, 7) is 1.86. The lowest BCUT2D eigenvalue weighted by molar-refractivity contribution is 0.146. The van der Waals surface area contributed by atoms with E-state index in [4.69, 9.17) is 4.74 Å². The molecule has 1 aliphatic heterocycles. The van der Waals surface area contributed by atoms with E-state index < -0.39 is 0 Å². The number of benzene rings is 1. The van der Waals surface area contributed by atoms with Gasteiger partial charge in [-0.3, -0.25) is 0 Å². The van der Waals surface area contributed by atoms with Crippen LogP contribution in [0.5, 0.6) is 5.75 Å². The number of rotatable bonds is 5. The molecule has 3 nitrogen and oxygen atoms in total. The monoisotopic (exact) mass is 221 g/mol. The van der Waals surface area contributed by atoms with Crippen LogP contribution in [0, 0.1) is 0 Å². The zero-order valence-corrected chi connectivity index (χ0v) is 9.48. The molecule has 2 N–H and O–H groups in total.